The Kier molecular flexibility index (Phi) is 6.01. The molecule has 1 aliphatic heterocycles. The Morgan fingerprint density at radius 1 is 1.04 bits per heavy atom. The average Bonchev–Trinajstić information content (AvgIpc) is 2.67. The maximum atomic E-state index is 12.6. The van der Waals surface area contributed by atoms with Crippen molar-refractivity contribution in [2.45, 2.75) is 31.7 Å². The normalized spacial score (nSPS) is 15.6. The molecule has 0 atom stereocenters. The van der Waals surface area contributed by atoms with Gasteiger partial charge in [-0.1, -0.05) is 30.3 Å². The zero-order valence-electron chi connectivity index (χ0n) is 14.7. The van der Waals surface area contributed by atoms with Gasteiger partial charge in [0.1, 0.15) is 0 Å². The van der Waals surface area contributed by atoms with E-state index in [-0.39, 0.29) is 12.1 Å². The van der Waals surface area contributed by atoms with Crippen molar-refractivity contribution in [3.05, 3.63) is 65.7 Å². The number of piperidine rings is 1. The fourth-order valence-corrected chi connectivity index (χ4v) is 2.96. The number of carbonyl (C=O) groups is 1. The third-order valence-corrected chi connectivity index (χ3v) is 4.52. The molecule has 1 heterocycles. The molecule has 144 valence electrons. The first-order valence-corrected chi connectivity index (χ1v) is 8.80. The highest BCUT2D eigenvalue weighted by atomic mass is 19.4. The van der Waals surface area contributed by atoms with Gasteiger partial charge in [0, 0.05) is 18.8 Å². The van der Waals surface area contributed by atoms with Crippen molar-refractivity contribution in [2.75, 3.05) is 18.4 Å². The van der Waals surface area contributed by atoms with Gasteiger partial charge in [0.05, 0.1) is 18.3 Å². The van der Waals surface area contributed by atoms with Crippen LogP contribution in [0, 0.1) is 0 Å². The Morgan fingerprint density at radius 3 is 2.26 bits per heavy atom. The van der Waals surface area contributed by atoms with Crippen LogP contribution < -0.4 is 5.32 Å². The van der Waals surface area contributed by atoms with Crippen LogP contribution in [-0.2, 0) is 17.5 Å². The molecule has 3 rings (SSSR count). The summed E-state index contributed by atoms with van der Waals surface area (Å²) in [5.41, 5.74) is 0.715. The molecule has 1 saturated heterocycles. The highest BCUT2D eigenvalue weighted by Gasteiger charge is 2.30. The molecule has 27 heavy (non-hydrogen) atoms. The predicted octanol–water partition coefficient (Wildman–Crippen LogP) is 4.92. The minimum Gasteiger partial charge on any atom is -0.373 e. The summed E-state index contributed by atoms with van der Waals surface area (Å²) in [4.78, 5) is 13.9. The number of urea groups is 1. The molecule has 0 unspecified atom stereocenters. The van der Waals surface area contributed by atoms with Crippen LogP contribution in [0.5, 0.6) is 0 Å². The van der Waals surface area contributed by atoms with Gasteiger partial charge in [-0.15, -0.1) is 0 Å². The van der Waals surface area contributed by atoms with Gasteiger partial charge in [0.25, 0.3) is 0 Å². The number of carbonyl (C=O) groups excluding carboxylic acids is 1. The maximum absolute atomic E-state index is 12.6. The molecule has 0 aromatic heterocycles. The van der Waals surface area contributed by atoms with Crippen LogP contribution in [0.15, 0.2) is 54.6 Å². The van der Waals surface area contributed by atoms with Crippen molar-refractivity contribution in [1.82, 2.24) is 4.90 Å². The average molecular weight is 378 g/mol. The van der Waals surface area contributed by atoms with Crippen LogP contribution in [0.2, 0.25) is 0 Å². The number of nitrogens with zero attached hydrogens (tertiary/aromatic N) is 1. The molecule has 0 bridgehead atoms. The van der Waals surface area contributed by atoms with E-state index < -0.39 is 11.7 Å². The standard InChI is InChI=1S/C20H21F3N2O2/c21-20(22,23)16-6-8-17(9-7-16)24-19(26)25-12-10-18(11-13-25)27-14-15-4-2-1-3-5-15/h1-9,18H,10-14H2,(H,24,26). The molecule has 1 N–H and O–H groups in total. The van der Waals surface area contributed by atoms with E-state index in [1.165, 1.54) is 12.1 Å². The van der Waals surface area contributed by atoms with Crippen LogP contribution in [0.1, 0.15) is 24.0 Å². The lowest BCUT2D eigenvalue weighted by Gasteiger charge is -2.32. The molecular formula is C20H21F3N2O2. The second-order valence-electron chi connectivity index (χ2n) is 6.49. The summed E-state index contributed by atoms with van der Waals surface area (Å²) in [6.07, 6.45) is -2.83. The number of ether oxygens (including phenoxy) is 1. The van der Waals surface area contributed by atoms with Gasteiger partial charge >= 0.3 is 12.2 Å². The van der Waals surface area contributed by atoms with E-state index in [1.54, 1.807) is 4.90 Å². The van der Waals surface area contributed by atoms with Crippen molar-refractivity contribution in [3.63, 3.8) is 0 Å². The summed E-state index contributed by atoms with van der Waals surface area (Å²) in [7, 11) is 0. The quantitative estimate of drug-likeness (QED) is 0.821. The molecule has 0 saturated carbocycles. The minimum absolute atomic E-state index is 0.0975. The maximum Gasteiger partial charge on any atom is 0.416 e. The monoisotopic (exact) mass is 378 g/mol. The Morgan fingerprint density at radius 2 is 1.67 bits per heavy atom. The number of alkyl halides is 3. The molecule has 1 aliphatic rings. The largest absolute Gasteiger partial charge is 0.416 e. The van der Waals surface area contributed by atoms with E-state index in [4.69, 9.17) is 4.74 Å². The first-order chi connectivity index (χ1) is 12.9. The highest BCUT2D eigenvalue weighted by Crippen LogP contribution is 2.30. The number of rotatable bonds is 4. The Balaban J connectivity index is 1.44. The van der Waals surface area contributed by atoms with Gasteiger partial charge in [-0.3, -0.25) is 0 Å². The Bertz CT molecular complexity index is 740. The Hall–Kier alpha value is -2.54. The summed E-state index contributed by atoms with van der Waals surface area (Å²) < 4.78 is 43.6. The molecule has 0 aliphatic carbocycles. The van der Waals surface area contributed by atoms with E-state index >= 15 is 0 Å². The third kappa shape index (κ3) is 5.47. The molecule has 2 amide bonds. The SMILES string of the molecule is O=C(Nc1ccc(C(F)(F)F)cc1)N1CCC(OCc2ccccc2)CC1. The van der Waals surface area contributed by atoms with Crippen molar-refractivity contribution >= 4 is 11.7 Å². The zero-order valence-corrected chi connectivity index (χ0v) is 14.7. The predicted molar refractivity (Wildman–Crippen MR) is 96.3 cm³/mol. The number of nitrogens with one attached hydrogen (secondary N) is 1. The summed E-state index contributed by atoms with van der Waals surface area (Å²) in [6, 6.07) is 14.0. The Labute approximate surface area is 155 Å². The topological polar surface area (TPSA) is 41.6 Å². The number of anilines is 1. The van der Waals surface area contributed by atoms with E-state index in [0.29, 0.717) is 25.4 Å². The van der Waals surface area contributed by atoms with Crippen molar-refractivity contribution < 1.29 is 22.7 Å². The lowest BCUT2D eigenvalue weighted by atomic mass is 10.1. The van der Waals surface area contributed by atoms with Crippen LogP contribution in [-0.4, -0.2) is 30.1 Å². The van der Waals surface area contributed by atoms with Crippen molar-refractivity contribution in [2.24, 2.45) is 0 Å². The molecular weight excluding hydrogens is 357 g/mol. The fraction of sp³-hybridized carbons (Fsp3) is 0.350. The lowest BCUT2D eigenvalue weighted by molar-refractivity contribution is -0.137. The third-order valence-electron chi connectivity index (χ3n) is 4.52. The number of hydrogen-bond acceptors (Lipinski definition) is 2. The van der Waals surface area contributed by atoms with Gasteiger partial charge in [-0.25, -0.2) is 4.79 Å². The van der Waals surface area contributed by atoms with E-state index in [0.717, 1.165) is 30.5 Å². The number of amides is 2. The summed E-state index contributed by atoms with van der Waals surface area (Å²) in [5, 5.41) is 2.64. The first-order valence-electron chi connectivity index (χ1n) is 8.80. The molecule has 0 radical (unpaired) electrons. The van der Waals surface area contributed by atoms with Crippen LogP contribution in [0.3, 0.4) is 0 Å². The van der Waals surface area contributed by atoms with Crippen LogP contribution in [0.4, 0.5) is 23.7 Å². The number of benzene rings is 2. The van der Waals surface area contributed by atoms with Crippen LogP contribution in [0.25, 0.3) is 0 Å². The number of likely N-dealkylation sites (tertiary alicyclic amines) is 1. The lowest BCUT2D eigenvalue weighted by Crippen LogP contribution is -2.43. The molecule has 7 heteroatoms. The first kappa shape index (κ1) is 19.2. The minimum atomic E-state index is -4.38. The second-order valence-corrected chi connectivity index (χ2v) is 6.49. The van der Waals surface area contributed by atoms with Crippen molar-refractivity contribution in [3.8, 4) is 0 Å². The molecule has 0 spiro atoms. The van der Waals surface area contributed by atoms with E-state index in [9.17, 15) is 18.0 Å². The van der Waals surface area contributed by atoms with Gasteiger partial charge in [-0.2, -0.15) is 13.2 Å². The van der Waals surface area contributed by atoms with E-state index in [2.05, 4.69) is 5.32 Å². The molecule has 4 nitrogen and oxygen atoms in total. The van der Waals surface area contributed by atoms with Gasteiger partial charge in [0.2, 0.25) is 0 Å². The smallest absolute Gasteiger partial charge is 0.373 e. The molecule has 2 aromatic rings. The molecule has 2 aromatic carbocycles. The summed E-state index contributed by atoms with van der Waals surface area (Å²) in [6.45, 7) is 1.64. The van der Waals surface area contributed by atoms with E-state index in [1.807, 2.05) is 30.3 Å². The van der Waals surface area contributed by atoms with Gasteiger partial charge < -0.3 is 15.0 Å². The van der Waals surface area contributed by atoms with Crippen molar-refractivity contribution in [1.29, 1.82) is 0 Å². The second kappa shape index (κ2) is 8.43. The van der Waals surface area contributed by atoms with Crippen LogP contribution >= 0.6 is 0 Å². The molecule has 1 fully saturated rings. The number of halogens is 3. The number of hydrogen-bond donors (Lipinski definition) is 1. The van der Waals surface area contributed by atoms with Gasteiger partial charge in [0.15, 0.2) is 0 Å². The highest BCUT2D eigenvalue weighted by molar-refractivity contribution is 5.89. The fourth-order valence-electron chi connectivity index (χ4n) is 2.96. The summed E-state index contributed by atoms with van der Waals surface area (Å²) >= 11 is 0. The zero-order chi connectivity index (χ0) is 19.3. The van der Waals surface area contributed by atoms with Gasteiger partial charge in [-0.05, 0) is 42.7 Å². The summed E-state index contributed by atoms with van der Waals surface area (Å²) in [5.74, 6) is 0.